The third-order valence-electron chi connectivity index (χ3n) is 3.29. The molecule has 0 atom stereocenters. The first-order valence-electron chi connectivity index (χ1n) is 7.96. The molecule has 0 heterocycles. The first-order chi connectivity index (χ1) is 11.9. The van der Waals surface area contributed by atoms with Gasteiger partial charge < -0.3 is 19.7 Å². The number of nitrogens with one attached hydrogen (secondary N) is 1. The summed E-state index contributed by atoms with van der Waals surface area (Å²) in [5, 5.41) is 3.21. The average Bonchev–Trinajstić information content (AvgIpc) is 2.58. The minimum absolute atomic E-state index is 0.0682. The molecule has 7 nitrogen and oxygen atoms in total. The molecule has 0 radical (unpaired) electrons. The zero-order valence-corrected chi connectivity index (χ0v) is 15.4. The molecule has 0 aromatic heterocycles. The van der Waals surface area contributed by atoms with Gasteiger partial charge in [-0.15, -0.1) is 0 Å². The number of esters is 1. The molecular formula is C17H23ClN2O5. The van der Waals surface area contributed by atoms with Crippen molar-refractivity contribution in [3.8, 4) is 5.75 Å². The van der Waals surface area contributed by atoms with Crippen molar-refractivity contribution in [3.05, 3.63) is 28.8 Å². The number of halogens is 1. The minimum Gasteiger partial charge on any atom is -0.482 e. The Morgan fingerprint density at radius 1 is 1.20 bits per heavy atom. The highest BCUT2D eigenvalue weighted by Crippen LogP contribution is 2.20. The lowest BCUT2D eigenvalue weighted by Crippen LogP contribution is -2.42. The van der Waals surface area contributed by atoms with Crippen LogP contribution in [0.3, 0.4) is 0 Å². The Bertz CT molecular complexity index is 621. The monoisotopic (exact) mass is 370 g/mol. The molecule has 0 bridgehead atoms. The summed E-state index contributed by atoms with van der Waals surface area (Å²) in [5.41, 5.74) is 0.826. The van der Waals surface area contributed by atoms with Gasteiger partial charge in [0.1, 0.15) is 5.75 Å². The normalized spacial score (nSPS) is 10.1. The van der Waals surface area contributed by atoms with Crippen molar-refractivity contribution < 1.29 is 23.9 Å². The summed E-state index contributed by atoms with van der Waals surface area (Å²) in [5.74, 6) is -0.887. The molecule has 1 N–H and O–H groups in total. The molecule has 0 aliphatic rings. The second kappa shape index (κ2) is 10.6. The summed E-state index contributed by atoms with van der Waals surface area (Å²) >= 11 is 5.91. The molecule has 0 saturated carbocycles. The maximum Gasteiger partial charge on any atom is 0.344 e. The van der Waals surface area contributed by atoms with Crippen LogP contribution in [-0.2, 0) is 19.1 Å². The molecule has 0 unspecified atom stereocenters. The molecule has 0 saturated heterocycles. The number of carbonyl (C=O) groups is 3. The fourth-order valence-corrected chi connectivity index (χ4v) is 2.04. The molecule has 0 fully saturated rings. The molecule has 0 aliphatic carbocycles. The lowest BCUT2D eigenvalue weighted by atomic mass is 10.2. The summed E-state index contributed by atoms with van der Waals surface area (Å²) < 4.78 is 10.2. The van der Waals surface area contributed by atoms with Crippen LogP contribution >= 0.6 is 11.6 Å². The highest BCUT2D eigenvalue weighted by molar-refractivity contribution is 6.31. The second-order valence-electron chi connectivity index (χ2n) is 5.22. The highest BCUT2D eigenvalue weighted by Gasteiger charge is 2.17. The Morgan fingerprint density at radius 3 is 2.52 bits per heavy atom. The van der Waals surface area contributed by atoms with Crippen LogP contribution in [0.5, 0.6) is 5.75 Å². The van der Waals surface area contributed by atoms with Gasteiger partial charge in [0, 0.05) is 18.1 Å². The van der Waals surface area contributed by atoms with Crippen molar-refractivity contribution in [2.45, 2.75) is 20.8 Å². The van der Waals surface area contributed by atoms with Crippen LogP contribution in [0.15, 0.2) is 18.2 Å². The van der Waals surface area contributed by atoms with Crippen LogP contribution in [0, 0.1) is 6.92 Å². The van der Waals surface area contributed by atoms with Crippen LogP contribution in [0.1, 0.15) is 19.4 Å². The molecule has 1 aromatic carbocycles. The summed E-state index contributed by atoms with van der Waals surface area (Å²) in [4.78, 5) is 36.5. The number of ether oxygens (including phenoxy) is 2. The third-order valence-corrected chi connectivity index (χ3v) is 3.71. The summed E-state index contributed by atoms with van der Waals surface area (Å²) in [7, 11) is 0. The Labute approximate surface area is 152 Å². The fourth-order valence-electron chi connectivity index (χ4n) is 1.93. The first-order valence-corrected chi connectivity index (χ1v) is 8.34. The van der Waals surface area contributed by atoms with E-state index in [0.29, 0.717) is 23.9 Å². The van der Waals surface area contributed by atoms with Crippen LogP contribution in [0.2, 0.25) is 5.02 Å². The molecule has 1 rings (SSSR count). The van der Waals surface area contributed by atoms with Gasteiger partial charge in [0.05, 0.1) is 6.54 Å². The molecule has 25 heavy (non-hydrogen) atoms. The Morgan fingerprint density at radius 2 is 1.92 bits per heavy atom. The van der Waals surface area contributed by atoms with Crippen molar-refractivity contribution in [2.75, 3.05) is 32.8 Å². The number of rotatable bonds is 9. The summed E-state index contributed by atoms with van der Waals surface area (Å²) in [6.45, 7) is 5.35. The van der Waals surface area contributed by atoms with Gasteiger partial charge in [0.25, 0.3) is 5.91 Å². The quantitative estimate of drug-likeness (QED) is 0.667. The van der Waals surface area contributed by atoms with Gasteiger partial charge in [-0.1, -0.05) is 11.6 Å². The van der Waals surface area contributed by atoms with Gasteiger partial charge in [-0.2, -0.15) is 0 Å². The largest absolute Gasteiger partial charge is 0.482 e. The van der Waals surface area contributed by atoms with E-state index in [-0.39, 0.29) is 19.1 Å². The van der Waals surface area contributed by atoms with Gasteiger partial charge >= 0.3 is 5.97 Å². The molecule has 0 spiro atoms. The number of benzene rings is 1. The lowest BCUT2D eigenvalue weighted by Gasteiger charge is -2.20. The molecule has 138 valence electrons. The number of likely N-dealkylation sites (N-methyl/N-ethyl adjacent to an activating group) is 2. The van der Waals surface area contributed by atoms with Crippen molar-refractivity contribution in [1.82, 2.24) is 10.2 Å². The van der Waals surface area contributed by atoms with E-state index >= 15 is 0 Å². The van der Waals surface area contributed by atoms with Gasteiger partial charge in [-0.3, -0.25) is 9.59 Å². The highest BCUT2D eigenvalue weighted by atomic mass is 35.5. The van der Waals surface area contributed by atoms with E-state index in [1.807, 2.05) is 6.92 Å². The Balaban J connectivity index is 2.39. The van der Waals surface area contributed by atoms with Crippen molar-refractivity contribution in [1.29, 1.82) is 0 Å². The zero-order chi connectivity index (χ0) is 18.8. The fraction of sp³-hybridized carbons (Fsp3) is 0.471. The minimum atomic E-state index is -0.671. The summed E-state index contributed by atoms with van der Waals surface area (Å²) in [6.07, 6.45) is 0. The first kappa shape index (κ1) is 20.8. The smallest absolute Gasteiger partial charge is 0.344 e. The standard InChI is InChI=1S/C17H23ClN2O5/c1-4-19-15(21)9-20(5-2)16(22)10-25-17(23)11-24-13-6-7-14(18)12(3)8-13/h6-8H,4-5,9-11H2,1-3H3,(H,19,21). The molecule has 0 aliphatic heterocycles. The van der Waals surface area contributed by atoms with Crippen LogP contribution in [0.25, 0.3) is 0 Å². The number of carbonyl (C=O) groups excluding carboxylic acids is 3. The van der Waals surface area contributed by atoms with Gasteiger partial charge in [0.2, 0.25) is 5.91 Å². The van der Waals surface area contributed by atoms with E-state index in [0.717, 1.165) is 5.56 Å². The van der Waals surface area contributed by atoms with E-state index < -0.39 is 18.5 Å². The van der Waals surface area contributed by atoms with Gasteiger partial charge in [-0.25, -0.2) is 4.79 Å². The predicted octanol–water partition coefficient (Wildman–Crippen LogP) is 1.56. The third kappa shape index (κ3) is 7.43. The van der Waals surface area contributed by atoms with Crippen molar-refractivity contribution >= 4 is 29.4 Å². The molecular weight excluding hydrogens is 348 g/mol. The number of aryl methyl sites for hydroxylation is 1. The number of hydrogen-bond acceptors (Lipinski definition) is 5. The number of hydrogen-bond donors (Lipinski definition) is 1. The number of nitrogens with zero attached hydrogens (tertiary/aromatic N) is 1. The SMILES string of the molecule is CCNC(=O)CN(CC)C(=O)COC(=O)COc1ccc(Cl)c(C)c1. The number of amides is 2. The van der Waals surface area contributed by atoms with E-state index in [4.69, 9.17) is 21.1 Å². The van der Waals surface area contributed by atoms with E-state index in [1.165, 1.54) is 4.90 Å². The predicted molar refractivity (Wildman–Crippen MR) is 93.6 cm³/mol. The Kier molecular flexibility index (Phi) is 8.77. The molecule has 2 amide bonds. The van der Waals surface area contributed by atoms with Gasteiger partial charge in [0.15, 0.2) is 13.2 Å². The van der Waals surface area contributed by atoms with Crippen LogP contribution in [0.4, 0.5) is 0 Å². The van der Waals surface area contributed by atoms with Crippen LogP contribution < -0.4 is 10.1 Å². The molecule has 8 heteroatoms. The topological polar surface area (TPSA) is 84.9 Å². The van der Waals surface area contributed by atoms with Crippen LogP contribution in [-0.4, -0.2) is 55.5 Å². The lowest BCUT2D eigenvalue weighted by molar-refractivity contribution is -0.154. The van der Waals surface area contributed by atoms with E-state index in [9.17, 15) is 14.4 Å². The van der Waals surface area contributed by atoms with Crippen molar-refractivity contribution in [3.63, 3.8) is 0 Å². The second-order valence-corrected chi connectivity index (χ2v) is 5.63. The summed E-state index contributed by atoms with van der Waals surface area (Å²) in [6, 6.07) is 5.01. The Hall–Kier alpha value is -2.28. The van der Waals surface area contributed by atoms with Crippen molar-refractivity contribution in [2.24, 2.45) is 0 Å². The maximum absolute atomic E-state index is 12.0. The molecule has 1 aromatic rings. The maximum atomic E-state index is 12.0. The van der Waals surface area contributed by atoms with Gasteiger partial charge in [-0.05, 0) is 44.5 Å². The van der Waals surface area contributed by atoms with E-state index in [1.54, 1.807) is 32.0 Å². The zero-order valence-electron chi connectivity index (χ0n) is 14.6. The van der Waals surface area contributed by atoms with E-state index in [2.05, 4.69) is 5.32 Å². The average molecular weight is 371 g/mol.